The van der Waals surface area contributed by atoms with Gasteiger partial charge >= 0.3 is 0 Å². The second kappa shape index (κ2) is 7.70. The molecule has 0 radical (unpaired) electrons. The van der Waals surface area contributed by atoms with Crippen LogP contribution in [0.4, 0.5) is 10.1 Å². The third-order valence-electron chi connectivity index (χ3n) is 3.72. The summed E-state index contributed by atoms with van der Waals surface area (Å²) in [6.45, 7) is 0.953. The van der Waals surface area contributed by atoms with Crippen LogP contribution in [0.3, 0.4) is 0 Å². The number of aromatic nitrogens is 2. The van der Waals surface area contributed by atoms with Gasteiger partial charge in [-0.05, 0) is 18.2 Å². The molecule has 11 heteroatoms. The predicted octanol–water partition coefficient (Wildman–Crippen LogP) is 1.34. The SMILES string of the molecule is O=C(Cn1cnc(S(=O)(=O)N2CCOCC2)c1)Nc1ccc(Cl)cc1F. The van der Waals surface area contributed by atoms with Gasteiger partial charge in [-0.3, -0.25) is 4.79 Å². The molecule has 1 aliphatic heterocycles. The first-order valence-electron chi connectivity index (χ1n) is 7.71. The fourth-order valence-electron chi connectivity index (χ4n) is 2.42. The first-order chi connectivity index (χ1) is 12.4. The third kappa shape index (κ3) is 4.21. The molecule has 140 valence electrons. The number of sulfonamides is 1. The summed E-state index contributed by atoms with van der Waals surface area (Å²) in [5.74, 6) is -1.19. The Morgan fingerprint density at radius 3 is 2.77 bits per heavy atom. The van der Waals surface area contributed by atoms with Crippen LogP contribution in [0, 0.1) is 5.82 Å². The van der Waals surface area contributed by atoms with Crippen LogP contribution in [0.1, 0.15) is 0 Å². The number of carbonyl (C=O) groups is 1. The van der Waals surface area contributed by atoms with Gasteiger partial charge in [-0.2, -0.15) is 4.31 Å². The second-order valence-corrected chi connectivity index (χ2v) is 7.89. The molecule has 1 aromatic carbocycles. The number of morpholine rings is 1. The van der Waals surface area contributed by atoms with Gasteiger partial charge in [0, 0.05) is 24.3 Å². The van der Waals surface area contributed by atoms with Crippen molar-refractivity contribution in [2.24, 2.45) is 0 Å². The minimum Gasteiger partial charge on any atom is -0.379 e. The standard InChI is InChI=1S/C15H16ClFN4O4S/c16-11-1-2-13(12(17)7-11)19-14(22)8-20-9-15(18-10-20)26(23,24)21-3-5-25-6-4-21/h1-2,7,9-10H,3-6,8H2,(H,19,22). The molecule has 2 heterocycles. The topological polar surface area (TPSA) is 93.5 Å². The van der Waals surface area contributed by atoms with Gasteiger partial charge in [-0.1, -0.05) is 11.6 Å². The summed E-state index contributed by atoms with van der Waals surface area (Å²) in [6.07, 6.45) is 2.51. The summed E-state index contributed by atoms with van der Waals surface area (Å²) in [6, 6.07) is 3.88. The normalized spacial score (nSPS) is 15.8. The molecule has 0 atom stereocenters. The molecule has 1 N–H and O–H groups in total. The number of hydrogen-bond donors (Lipinski definition) is 1. The molecule has 0 bridgehead atoms. The number of amides is 1. The number of halogens is 2. The summed E-state index contributed by atoms with van der Waals surface area (Å²) < 4.78 is 46.4. The highest BCUT2D eigenvalue weighted by Gasteiger charge is 2.28. The Morgan fingerprint density at radius 2 is 2.08 bits per heavy atom. The molecule has 1 saturated heterocycles. The van der Waals surface area contributed by atoms with E-state index in [1.54, 1.807) is 0 Å². The van der Waals surface area contributed by atoms with Crippen molar-refractivity contribution in [1.82, 2.24) is 13.9 Å². The minimum absolute atomic E-state index is 0.0133. The first kappa shape index (κ1) is 18.8. The summed E-state index contributed by atoms with van der Waals surface area (Å²) >= 11 is 5.66. The Bertz CT molecular complexity index is 912. The van der Waals surface area contributed by atoms with Crippen molar-refractivity contribution in [3.8, 4) is 0 Å². The fourth-order valence-corrected chi connectivity index (χ4v) is 3.93. The Hall–Kier alpha value is -2.01. The quantitative estimate of drug-likeness (QED) is 0.814. The van der Waals surface area contributed by atoms with Crippen LogP contribution in [0.5, 0.6) is 0 Å². The number of rotatable bonds is 5. The largest absolute Gasteiger partial charge is 0.379 e. The molecule has 1 amide bonds. The van der Waals surface area contributed by atoms with Gasteiger partial charge in [0.25, 0.3) is 10.0 Å². The number of carbonyl (C=O) groups excluding carboxylic acids is 1. The number of benzene rings is 1. The van der Waals surface area contributed by atoms with E-state index in [9.17, 15) is 17.6 Å². The van der Waals surface area contributed by atoms with Crippen molar-refractivity contribution >= 4 is 33.2 Å². The summed E-state index contributed by atoms with van der Waals surface area (Å²) in [4.78, 5) is 15.9. The van der Waals surface area contributed by atoms with E-state index in [0.717, 1.165) is 6.07 Å². The number of ether oxygens (including phenoxy) is 1. The van der Waals surface area contributed by atoms with Gasteiger partial charge in [-0.25, -0.2) is 17.8 Å². The molecule has 0 saturated carbocycles. The summed E-state index contributed by atoms with van der Waals surface area (Å²) in [7, 11) is -3.73. The molecular formula is C15H16ClFN4O4S. The molecule has 8 nitrogen and oxygen atoms in total. The monoisotopic (exact) mass is 402 g/mol. The summed E-state index contributed by atoms with van der Waals surface area (Å²) in [5, 5.41) is 2.47. The average molecular weight is 403 g/mol. The Balaban J connectivity index is 1.67. The lowest BCUT2D eigenvalue weighted by atomic mass is 10.3. The maximum atomic E-state index is 13.7. The molecular weight excluding hydrogens is 387 g/mol. The Morgan fingerprint density at radius 1 is 1.35 bits per heavy atom. The van der Waals surface area contributed by atoms with Crippen LogP contribution in [-0.2, 0) is 26.1 Å². The smallest absolute Gasteiger partial charge is 0.262 e. The van der Waals surface area contributed by atoms with Crippen LogP contribution in [0.2, 0.25) is 5.02 Å². The average Bonchev–Trinajstić information content (AvgIpc) is 3.07. The van der Waals surface area contributed by atoms with E-state index >= 15 is 0 Å². The van der Waals surface area contributed by atoms with Gasteiger partial charge in [0.1, 0.15) is 12.4 Å². The van der Waals surface area contributed by atoms with Gasteiger partial charge in [0.15, 0.2) is 5.03 Å². The van der Waals surface area contributed by atoms with E-state index in [-0.39, 0.29) is 35.4 Å². The van der Waals surface area contributed by atoms with Gasteiger partial charge in [0.05, 0.1) is 25.2 Å². The number of nitrogens with zero attached hydrogens (tertiary/aromatic N) is 3. The highest BCUT2D eigenvalue weighted by molar-refractivity contribution is 7.89. The maximum Gasteiger partial charge on any atom is 0.262 e. The van der Waals surface area contributed by atoms with Crippen molar-refractivity contribution < 1.29 is 22.3 Å². The molecule has 1 aliphatic rings. The molecule has 2 aromatic rings. The lowest BCUT2D eigenvalue weighted by Crippen LogP contribution is -2.40. The van der Waals surface area contributed by atoms with Crippen LogP contribution < -0.4 is 5.32 Å². The van der Waals surface area contributed by atoms with Crippen molar-refractivity contribution in [1.29, 1.82) is 0 Å². The molecule has 26 heavy (non-hydrogen) atoms. The second-order valence-electron chi connectivity index (χ2n) is 5.57. The summed E-state index contributed by atoms with van der Waals surface area (Å²) in [5.41, 5.74) is -0.0133. The van der Waals surface area contributed by atoms with Gasteiger partial charge < -0.3 is 14.6 Å². The fraction of sp³-hybridized carbons (Fsp3) is 0.333. The van der Waals surface area contributed by atoms with Gasteiger partial charge in [-0.15, -0.1) is 0 Å². The number of nitrogens with one attached hydrogen (secondary N) is 1. The maximum absolute atomic E-state index is 13.7. The predicted molar refractivity (Wildman–Crippen MR) is 91.8 cm³/mol. The van der Waals surface area contributed by atoms with E-state index in [1.807, 2.05) is 0 Å². The highest BCUT2D eigenvalue weighted by Crippen LogP contribution is 2.19. The molecule has 1 fully saturated rings. The Labute approximate surface area is 154 Å². The van der Waals surface area contributed by atoms with Crippen LogP contribution in [-0.4, -0.2) is 54.5 Å². The number of anilines is 1. The lowest BCUT2D eigenvalue weighted by Gasteiger charge is -2.24. The van der Waals surface area contributed by atoms with Gasteiger partial charge in [0.2, 0.25) is 5.91 Å². The molecule has 0 spiro atoms. The third-order valence-corrected chi connectivity index (χ3v) is 5.73. The number of imidazole rings is 1. The van der Waals surface area contributed by atoms with E-state index in [1.165, 1.54) is 33.5 Å². The van der Waals surface area contributed by atoms with Crippen LogP contribution >= 0.6 is 11.6 Å². The first-order valence-corrected chi connectivity index (χ1v) is 9.52. The Kier molecular flexibility index (Phi) is 5.56. The van der Waals surface area contributed by atoms with Crippen molar-refractivity contribution in [3.63, 3.8) is 0 Å². The van der Waals surface area contributed by atoms with Crippen molar-refractivity contribution in [3.05, 3.63) is 41.6 Å². The lowest BCUT2D eigenvalue weighted by molar-refractivity contribution is -0.116. The van der Waals surface area contributed by atoms with Crippen molar-refractivity contribution in [2.45, 2.75) is 11.6 Å². The zero-order valence-electron chi connectivity index (χ0n) is 13.6. The van der Waals surface area contributed by atoms with E-state index in [2.05, 4.69) is 10.3 Å². The molecule has 0 aliphatic carbocycles. The molecule has 3 rings (SSSR count). The molecule has 0 unspecified atom stereocenters. The zero-order chi connectivity index (χ0) is 18.7. The van der Waals surface area contributed by atoms with E-state index in [0.29, 0.717) is 13.2 Å². The zero-order valence-corrected chi connectivity index (χ0v) is 15.1. The van der Waals surface area contributed by atoms with Crippen LogP contribution in [0.25, 0.3) is 0 Å². The van der Waals surface area contributed by atoms with E-state index < -0.39 is 21.7 Å². The molecule has 1 aromatic heterocycles. The van der Waals surface area contributed by atoms with Crippen LogP contribution in [0.15, 0.2) is 35.7 Å². The highest BCUT2D eigenvalue weighted by atomic mass is 35.5. The van der Waals surface area contributed by atoms with E-state index in [4.69, 9.17) is 16.3 Å². The minimum atomic E-state index is -3.73. The van der Waals surface area contributed by atoms with Crippen molar-refractivity contribution in [2.75, 3.05) is 31.6 Å². The number of hydrogen-bond acceptors (Lipinski definition) is 5.